The third kappa shape index (κ3) is 2.61. The number of aliphatic imine (C=N–C) groups is 1. The highest BCUT2D eigenvalue weighted by Crippen LogP contribution is 2.37. The smallest absolute Gasteiger partial charge is 0.147 e. The van der Waals surface area contributed by atoms with Crippen LogP contribution < -0.4 is 4.74 Å². The monoisotopic (exact) mass is 321 g/mol. The second kappa shape index (κ2) is 4.86. The summed E-state index contributed by atoms with van der Waals surface area (Å²) in [7, 11) is 1.58. The first-order valence-corrected chi connectivity index (χ1v) is 5.29. The number of thiocarbonyl (C=S) groups is 1. The summed E-state index contributed by atoms with van der Waals surface area (Å²) in [6.45, 7) is 0. The number of benzene rings is 1. The second-order valence-corrected chi connectivity index (χ2v) is 4.09. The minimum absolute atomic E-state index is 0.651. The van der Waals surface area contributed by atoms with Crippen molar-refractivity contribution in [3.63, 3.8) is 0 Å². The highest BCUT2D eigenvalue weighted by molar-refractivity contribution is 9.11. The lowest BCUT2D eigenvalue weighted by molar-refractivity contribution is 0.415. The van der Waals surface area contributed by atoms with Gasteiger partial charge < -0.3 is 4.74 Å². The molecule has 0 aromatic heterocycles. The van der Waals surface area contributed by atoms with E-state index in [2.05, 4.69) is 54.2 Å². The molecular weight excluding hydrogens is 318 g/mol. The Morgan fingerprint density at radius 3 is 2.69 bits per heavy atom. The van der Waals surface area contributed by atoms with Gasteiger partial charge in [-0.05, 0) is 40.3 Å². The molecule has 0 N–H and O–H groups in total. The zero-order chi connectivity index (χ0) is 9.84. The number of hydrogen-bond acceptors (Lipinski definition) is 3. The summed E-state index contributed by atoms with van der Waals surface area (Å²) in [4.78, 5) is 3.89. The quantitative estimate of drug-likeness (QED) is 0.607. The first kappa shape index (κ1) is 10.9. The predicted molar refractivity (Wildman–Crippen MR) is 63.1 cm³/mol. The summed E-state index contributed by atoms with van der Waals surface area (Å²) in [5, 5.41) is 2.30. The van der Waals surface area contributed by atoms with Crippen LogP contribution in [0.1, 0.15) is 0 Å². The van der Waals surface area contributed by atoms with Gasteiger partial charge in [0.1, 0.15) is 11.4 Å². The van der Waals surface area contributed by atoms with E-state index in [-0.39, 0.29) is 0 Å². The topological polar surface area (TPSA) is 21.6 Å². The van der Waals surface area contributed by atoms with Crippen molar-refractivity contribution in [3.8, 4) is 5.75 Å². The van der Waals surface area contributed by atoms with Crippen LogP contribution in [-0.4, -0.2) is 12.3 Å². The number of ether oxygens (including phenoxy) is 1. The van der Waals surface area contributed by atoms with Gasteiger partial charge in [-0.15, -0.1) is 0 Å². The zero-order valence-corrected chi connectivity index (χ0v) is 10.7. The van der Waals surface area contributed by atoms with Crippen molar-refractivity contribution < 1.29 is 4.74 Å². The lowest BCUT2D eigenvalue weighted by Gasteiger charge is -2.05. The molecule has 0 amide bonds. The molecule has 1 rings (SSSR count). The Kier molecular flexibility index (Phi) is 4.06. The first-order chi connectivity index (χ1) is 6.19. The van der Waals surface area contributed by atoms with Crippen LogP contribution in [0.2, 0.25) is 0 Å². The highest BCUT2D eigenvalue weighted by Gasteiger charge is 2.07. The van der Waals surface area contributed by atoms with E-state index in [9.17, 15) is 0 Å². The number of rotatable bonds is 2. The molecule has 0 fully saturated rings. The average molecular weight is 323 g/mol. The van der Waals surface area contributed by atoms with Gasteiger partial charge in [-0.1, -0.05) is 15.9 Å². The number of methoxy groups -OCH3 is 1. The molecule has 0 saturated carbocycles. The molecule has 0 heterocycles. The van der Waals surface area contributed by atoms with Crippen LogP contribution in [0.3, 0.4) is 0 Å². The lowest BCUT2D eigenvalue weighted by Crippen LogP contribution is -1.84. The average Bonchev–Trinajstić information content (AvgIpc) is 2.09. The van der Waals surface area contributed by atoms with E-state index in [1.807, 2.05) is 12.1 Å². The van der Waals surface area contributed by atoms with Gasteiger partial charge in [0.05, 0.1) is 12.3 Å². The minimum atomic E-state index is 0.651. The maximum absolute atomic E-state index is 5.12. The summed E-state index contributed by atoms with van der Waals surface area (Å²) in [6.07, 6.45) is 0. The Labute approximate surface area is 98.3 Å². The number of hydrogen-bond donors (Lipinski definition) is 0. The molecule has 2 nitrogen and oxygen atoms in total. The van der Waals surface area contributed by atoms with Crippen molar-refractivity contribution >= 4 is 54.9 Å². The summed E-state index contributed by atoms with van der Waals surface area (Å²) < 4.78 is 6.85. The van der Waals surface area contributed by atoms with Gasteiger partial charge in [0.25, 0.3) is 0 Å². The van der Waals surface area contributed by atoms with E-state index in [1.54, 1.807) is 7.11 Å². The van der Waals surface area contributed by atoms with Crippen molar-refractivity contribution in [2.24, 2.45) is 4.99 Å². The highest BCUT2D eigenvalue weighted by atomic mass is 79.9. The molecule has 0 radical (unpaired) electrons. The van der Waals surface area contributed by atoms with E-state index in [1.165, 1.54) is 0 Å². The molecule has 0 saturated heterocycles. The zero-order valence-electron chi connectivity index (χ0n) is 6.67. The number of halogens is 2. The Bertz CT molecular complexity index is 375. The molecule has 0 aliphatic heterocycles. The molecule has 68 valence electrons. The summed E-state index contributed by atoms with van der Waals surface area (Å²) in [5.74, 6) is 0.651. The normalized spacial score (nSPS) is 9.15. The van der Waals surface area contributed by atoms with Crippen molar-refractivity contribution in [1.82, 2.24) is 0 Å². The van der Waals surface area contributed by atoms with Crippen LogP contribution in [0.4, 0.5) is 5.69 Å². The van der Waals surface area contributed by atoms with Crippen LogP contribution in [0.5, 0.6) is 5.75 Å². The molecule has 0 aliphatic rings. The summed E-state index contributed by atoms with van der Waals surface area (Å²) >= 11 is 11.2. The molecular formula is C8H5Br2NOS. The Morgan fingerprint density at radius 1 is 1.46 bits per heavy atom. The molecule has 0 bridgehead atoms. The fraction of sp³-hybridized carbons (Fsp3) is 0.125. The van der Waals surface area contributed by atoms with Crippen molar-refractivity contribution in [1.29, 1.82) is 0 Å². The van der Waals surface area contributed by atoms with Crippen LogP contribution in [0, 0.1) is 0 Å². The molecule has 5 heteroatoms. The molecule has 0 unspecified atom stereocenters. The molecule has 1 aromatic carbocycles. The van der Waals surface area contributed by atoms with E-state index in [0.29, 0.717) is 11.4 Å². The van der Waals surface area contributed by atoms with Gasteiger partial charge >= 0.3 is 0 Å². The third-order valence-corrected chi connectivity index (χ3v) is 2.52. The number of isothiocyanates is 1. The molecule has 0 spiro atoms. The van der Waals surface area contributed by atoms with E-state index >= 15 is 0 Å². The van der Waals surface area contributed by atoms with Crippen LogP contribution in [0.25, 0.3) is 0 Å². The molecule has 1 aromatic rings. The SMILES string of the molecule is COc1cc(Br)cc(Br)c1N=C=S. The maximum atomic E-state index is 5.12. The second-order valence-electron chi connectivity index (χ2n) is 2.14. The minimum Gasteiger partial charge on any atom is -0.494 e. The van der Waals surface area contributed by atoms with Gasteiger partial charge in [-0.25, -0.2) is 0 Å². The number of nitrogens with zero attached hydrogens (tertiary/aromatic N) is 1. The first-order valence-electron chi connectivity index (χ1n) is 3.30. The van der Waals surface area contributed by atoms with E-state index in [0.717, 1.165) is 8.95 Å². The molecule has 13 heavy (non-hydrogen) atoms. The fourth-order valence-corrected chi connectivity index (χ4v) is 2.22. The van der Waals surface area contributed by atoms with Crippen LogP contribution in [0.15, 0.2) is 26.1 Å². The van der Waals surface area contributed by atoms with Crippen LogP contribution in [-0.2, 0) is 0 Å². The van der Waals surface area contributed by atoms with Gasteiger partial charge in [0, 0.05) is 8.95 Å². The van der Waals surface area contributed by atoms with Crippen LogP contribution >= 0.6 is 44.1 Å². The molecule has 0 aliphatic carbocycles. The van der Waals surface area contributed by atoms with E-state index in [4.69, 9.17) is 4.74 Å². The standard InChI is InChI=1S/C8H5Br2NOS/c1-12-7-3-5(9)2-6(10)8(7)11-4-13/h2-3H,1H3. The maximum Gasteiger partial charge on any atom is 0.147 e. The largest absolute Gasteiger partial charge is 0.494 e. The lowest BCUT2D eigenvalue weighted by atomic mass is 10.3. The van der Waals surface area contributed by atoms with Crippen molar-refractivity contribution in [2.75, 3.05) is 7.11 Å². The summed E-state index contributed by atoms with van der Waals surface area (Å²) in [5.41, 5.74) is 0.653. The fourth-order valence-electron chi connectivity index (χ4n) is 0.852. The van der Waals surface area contributed by atoms with E-state index < -0.39 is 0 Å². The van der Waals surface area contributed by atoms with Gasteiger partial charge in [-0.3, -0.25) is 0 Å². The Hall–Kier alpha value is -0.220. The Balaban J connectivity index is 3.37. The Morgan fingerprint density at radius 2 is 2.15 bits per heavy atom. The summed E-state index contributed by atoms with van der Waals surface area (Å²) in [6, 6.07) is 3.68. The third-order valence-electron chi connectivity index (χ3n) is 1.37. The van der Waals surface area contributed by atoms with Crippen molar-refractivity contribution in [3.05, 3.63) is 21.1 Å². The molecule has 0 atom stereocenters. The van der Waals surface area contributed by atoms with Gasteiger partial charge in [-0.2, -0.15) is 4.99 Å². The van der Waals surface area contributed by atoms with Gasteiger partial charge in [0.15, 0.2) is 0 Å². The predicted octanol–water partition coefficient (Wildman–Crippen LogP) is 3.95. The van der Waals surface area contributed by atoms with Gasteiger partial charge in [0.2, 0.25) is 0 Å². The van der Waals surface area contributed by atoms with Crippen molar-refractivity contribution in [2.45, 2.75) is 0 Å².